The van der Waals surface area contributed by atoms with Crippen molar-refractivity contribution in [1.82, 2.24) is 19.9 Å². The Bertz CT molecular complexity index is 744. The third-order valence-corrected chi connectivity index (χ3v) is 5.35. The van der Waals surface area contributed by atoms with E-state index in [2.05, 4.69) is 27.4 Å². The number of likely N-dealkylation sites (tertiary alicyclic amines) is 1. The fraction of sp³-hybridized carbons (Fsp3) is 0.450. The molecular formula is C20H24N4O. The summed E-state index contributed by atoms with van der Waals surface area (Å²) in [6, 6.07) is 10.5. The summed E-state index contributed by atoms with van der Waals surface area (Å²) in [5.41, 5.74) is 2.00. The molecule has 25 heavy (non-hydrogen) atoms. The molecule has 1 saturated heterocycles. The van der Waals surface area contributed by atoms with Gasteiger partial charge in [-0.25, -0.2) is 4.68 Å². The van der Waals surface area contributed by atoms with Crippen molar-refractivity contribution >= 4 is 5.91 Å². The number of aromatic nitrogens is 3. The lowest BCUT2D eigenvalue weighted by Crippen LogP contribution is -2.42. The van der Waals surface area contributed by atoms with E-state index in [4.69, 9.17) is 0 Å². The molecular weight excluding hydrogens is 312 g/mol. The topological polar surface area (TPSA) is 51.0 Å². The van der Waals surface area contributed by atoms with E-state index in [1.807, 2.05) is 41.2 Å². The molecule has 5 nitrogen and oxygen atoms in total. The molecule has 1 fully saturated rings. The maximum absolute atomic E-state index is 12.6. The molecule has 0 bridgehead atoms. The molecule has 0 radical (unpaired) electrons. The second-order valence-corrected chi connectivity index (χ2v) is 6.99. The number of carbonyl (C=O) groups is 1. The summed E-state index contributed by atoms with van der Waals surface area (Å²) in [6.07, 6.45) is 11.2. The average Bonchev–Trinajstić information content (AvgIpc) is 3.19. The van der Waals surface area contributed by atoms with Crippen molar-refractivity contribution in [2.75, 3.05) is 13.1 Å². The van der Waals surface area contributed by atoms with Gasteiger partial charge in [-0.1, -0.05) is 47.7 Å². The smallest absolute Gasteiger partial charge is 0.226 e. The standard InChI is InChI=1S/C20H24N4O/c25-20(17-9-5-2-6-10-17)23-13-11-18(12-14-23)24-15-19(21-22-24)16-7-3-1-4-8-16/h1-5,7-8,15,17-18H,6,9-14H2. The van der Waals surface area contributed by atoms with Crippen molar-refractivity contribution in [1.29, 1.82) is 0 Å². The van der Waals surface area contributed by atoms with Gasteiger partial charge in [-0.3, -0.25) is 4.79 Å². The normalized spacial score (nSPS) is 21.4. The molecule has 1 unspecified atom stereocenters. The predicted octanol–water partition coefficient (Wildman–Crippen LogP) is 3.46. The van der Waals surface area contributed by atoms with Crippen LogP contribution in [0.5, 0.6) is 0 Å². The fourth-order valence-corrected chi connectivity index (χ4v) is 3.82. The monoisotopic (exact) mass is 336 g/mol. The van der Waals surface area contributed by atoms with Gasteiger partial charge in [0.05, 0.1) is 12.2 Å². The van der Waals surface area contributed by atoms with Crippen LogP contribution in [0, 0.1) is 5.92 Å². The number of hydrogen-bond donors (Lipinski definition) is 0. The van der Waals surface area contributed by atoms with Crippen LogP contribution in [0.3, 0.4) is 0 Å². The highest BCUT2D eigenvalue weighted by Crippen LogP contribution is 2.27. The number of allylic oxidation sites excluding steroid dienone is 2. The number of carbonyl (C=O) groups excluding carboxylic acids is 1. The Hall–Kier alpha value is -2.43. The number of piperidine rings is 1. The van der Waals surface area contributed by atoms with Crippen LogP contribution in [-0.2, 0) is 4.79 Å². The molecule has 5 heteroatoms. The first-order valence-corrected chi connectivity index (χ1v) is 9.22. The van der Waals surface area contributed by atoms with Gasteiger partial charge < -0.3 is 4.90 Å². The quantitative estimate of drug-likeness (QED) is 0.807. The second-order valence-electron chi connectivity index (χ2n) is 6.99. The Kier molecular flexibility index (Phi) is 4.63. The number of amides is 1. The van der Waals surface area contributed by atoms with Crippen molar-refractivity contribution in [2.24, 2.45) is 5.92 Å². The van der Waals surface area contributed by atoms with Crippen LogP contribution in [-0.4, -0.2) is 38.9 Å². The van der Waals surface area contributed by atoms with Crippen LogP contribution in [0.1, 0.15) is 38.1 Å². The Morgan fingerprint density at radius 3 is 2.56 bits per heavy atom. The number of rotatable bonds is 3. The first-order chi connectivity index (χ1) is 12.3. The minimum Gasteiger partial charge on any atom is -0.342 e. The highest BCUT2D eigenvalue weighted by atomic mass is 16.2. The average molecular weight is 336 g/mol. The Morgan fingerprint density at radius 2 is 1.84 bits per heavy atom. The summed E-state index contributed by atoms with van der Waals surface area (Å²) in [4.78, 5) is 14.7. The van der Waals surface area contributed by atoms with Crippen molar-refractivity contribution in [2.45, 2.75) is 38.1 Å². The first-order valence-electron chi connectivity index (χ1n) is 9.22. The van der Waals surface area contributed by atoms with Gasteiger partial charge in [-0.2, -0.15) is 0 Å². The van der Waals surface area contributed by atoms with E-state index < -0.39 is 0 Å². The largest absolute Gasteiger partial charge is 0.342 e. The molecule has 2 aromatic rings. The SMILES string of the molecule is O=C(C1CC=CCC1)N1CCC(n2cc(-c3ccccc3)nn2)CC1. The second kappa shape index (κ2) is 7.21. The van der Waals surface area contributed by atoms with Gasteiger partial charge in [0.25, 0.3) is 0 Å². The van der Waals surface area contributed by atoms with Gasteiger partial charge in [0.2, 0.25) is 5.91 Å². The molecule has 1 atom stereocenters. The molecule has 2 heterocycles. The van der Waals surface area contributed by atoms with E-state index in [1.165, 1.54) is 0 Å². The molecule has 1 aromatic carbocycles. The van der Waals surface area contributed by atoms with Gasteiger partial charge in [0.15, 0.2) is 0 Å². The fourth-order valence-electron chi connectivity index (χ4n) is 3.82. The van der Waals surface area contributed by atoms with Crippen LogP contribution in [0.15, 0.2) is 48.7 Å². The van der Waals surface area contributed by atoms with Crippen molar-refractivity contribution in [3.8, 4) is 11.3 Å². The van der Waals surface area contributed by atoms with Gasteiger partial charge in [0.1, 0.15) is 5.69 Å². The lowest BCUT2D eigenvalue weighted by atomic mass is 9.92. The van der Waals surface area contributed by atoms with Crippen LogP contribution in [0.2, 0.25) is 0 Å². The van der Waals surface area contributed by atoms with Crippen molar-refractivity contribution < 1.29 is 4.79 Å². The van der Waals surface area contributed by atoms with Crippen LogP contribution in [0.25, 0.3) is 11.3 Å². The molecule has 1 aromatic heterocycles. The maximum Gasteiger partial charge on any atom is 0.226 e. The predicted molar refractivity (Wildman–Crippen MR) is 96.8 cm³/mol. The summed E-state index contributed by atoms with van der Waals surface area (Å²) >= 11 is 0. The lowest BCUT2D eigenvalue weighted by molar-refractivity contribution is -0.137. The molecule has 2 aliphatic rings. The Balaban J connectivity index is 1.37. The zero-order valence-corrected chi connectivity index (χ0v) is 14.4. The van der Waals surface area contributed by atoms with E-state index in [-0.39, 0.29) is 5.92 Å². The number of nitrogens with zero attached hydrogens (tertiary/aromatic N) is 4. The van der Waals surface area contributed by atoms with E-state index in [0.717, 1.165) is 56.5 Å². The molecule has 4 rings (SSSR count). The minimum absolute atomic E-state index is 0.192. The van der Waals surface area contributed by atoms with Gasteiger partial charge >= 0.3 is 0 Å². The summed E-state index contributed by atoms with van der Waals surface area (Å²) < 4.78 is 1.98. The molecule has 1 aliphatic heterocycles. The molecule has 130 valence electrons. The highest BCUT2D eigenvalue weighted by molar-refractivity contribution is 5.79. The van der Waals surface area contributed by atoms with E-state index in [9.17, 15) is 4.79 Å². The van der Waals surface area contributed by atoms with Gasteiger partial charge in [0, 0.05) is 24.6 Å². The summed E-state index contributed by atoms with van der Waals surface area (Å²) in [5, 5.41) is 8.64. The molecule has 0 saturated carbocycles. The summed E-state index contributed by atoms with van der Waals surface area (Å²) in [5.74, 6) is 0.531. The third kappa shape index (κ3) is 3.50. The zero-order valence-electron chi connectivity index (χ0n) is 14.4. The van der Waals surface area contributed by atoms with Crippen LogP contribution < -0.4 is 0 Å². The Morgan fingerprint density at radius 1 is 1.04 bits per heavy atom. The lowest BCUT2D eigenvalue weighted by Gasteiger charge is -2.34. The van der Waals surface area contributed by atoms with Crippen molar-refractivity contribution in [3.05, 3.63) is 48.7 Å². The molecule has 0 N–H and O–H groups in total. The van der Waals surface area contributed by atoms with E-state index in [0.29, 0.717) is 11.9 Å². The molecule has 0 spiro atoms. The Labute approximate surface area is 148 Å². The number of hydrogen-bond acceptors (Lipinski definition) is 3. The minimum atomic E-state index is 0.192. The molecule has 1 amide bonds. The highest BCUT2D eigenvalue weighted by Gasteiger charge is 2.29. The van der Waals surface area contributed by atoms with E-state index in [1.54, 1.807) is 0 Å². The summed E-state index contributed by atoms with van der Waals surface area (Å²) in [6.45, 7) is 1.65. The van der Waals surface area contributed by atoms with Crippen LogP contribution in [0.4, 0.5) is 0 Å². The van der Waals surface area contributed by atoms with Gasteiger partial charge in [-0.15, -0.1) is 5.10 Å². The van der Waals surface area contributed by atoms with Crippen molar-refractivity contribution in [3.63, 3.8) is 0 Å². The van der Waals surface area contributed by atoms with Crippen LogP contribution >= 0.6 is 0 Å². The zero-order chi connectivity index (χ0) is 17.1. The number of benzene rings is 1. The third-order valence-electron chi connectivity index (χ3n) is 5.35. The maximum atomic E-state index is 12.6. The first kappa shape index (κ1) is 16.1. The summed E-state index contributed by atoms with van der Waals surface area (Å²) in [7, 11) is 0. The van der Waals surface area contributed by atoms with E-state index >= 15 is 0 Å². The van der Waals surface area contributed by atoms with Gasteiger partial charge in [-0.05, 0) is 32.1 Å². The molecule has 1 aliphatic carbocycles.